The van der Waals surface area contributed by atoms with Gasteiger partial charge in [0.2, 0.25) is 0 Å². The van der Waals surface area contributed by atoms with Gasteiger partial charge in [0.05, 0.1) is 15.1 Å². The number of rotatable bonds is 7. The molecule has 184 valence electrons. The second kappa shape index (κ2) is 10.7. The minimum atomic E-state index is -1.17. The fourth-order valence-electron chi connectivity index (χ4n) is 2.91. The molecule has 0 saturated carbocycles. The van der Waals surface area contributed by atoms with E-state index in [4.69, 9.17) is 44.6 Å². The Labute approximate surface area is 218 Å². The molecule has 5 N–H and O–H groups in total. The molecule has 0 fully saturated rings. The van der Waals surface area contributed by atoms with E-state index < -0.39 is 12.0 Å². The first-order valence-corrected chi connectivity index (χ1v) is 11.2. The highest BCUT2D eigenvalue weighted by molar-refractivity contribution is 6.42. The Morgan fingerprint density at radius 2 is 1.61 bits per heavy atom. The van der Waals surface area contributed by atoms with Crippen LogP contribution in [-0.2, 0) is 0 Å². The molecule has 0 aliphatic heterocycles. The fourth-order valence-corrected chi connectivity index (χ4v) is 3.43. The van der Waals surface area contributed by atoms with E-state index in [9.17, 15) is 9.59 Å². The number of nitrogens with zero attached hydrogens (tertiary/aromatic N) is 3. The van der Waals surface area contributed by atoms with Crippen molar-refractivity contribution in [3.63, 3.8) is 0 Å². The van der Waals surface area contributed by atoms with E-state index in [1.807, 2.05) is 0 Å². The number of nitrogens with one attached hydrogen (secondary N) is 4. The van der Waals surface area contributed by atoms with Crippen LogP contribution < -0.4 is 20.7 Å². The highest BCUT2D eigenvalue weighted by atomic mass is 35.5. The van der Waals surface area contributed by atoms with E-state index in [0.29, 0.717) is 38.7 Å². The summed E-state index contributed by atoms with van der Waals surface area (Å²) >= 11 is 18.2. The third-order valence-electron chi connectivity index (χ3n) is 4.46. The maximum Gasteiger partial charge on any atom is 0.356 e. The number of H-pyrrole nitrogens is 1. The number of benzene rings is 2. The number of hydrogen-bond acceptors (Lipinski definition) is 7. The maximum atomic E-state index is 12.3. The van der Waals surface area contributed by atoms with Crippen LogP contribution >= 0.6 is 34.8 Å². The van der Waals surface area contributed by atoms with Crippen LogP contribution in [0.25, 0.3) is 0 Å². The van der Waals surface area contributed by atoms with Gasteiger partial charge >= 0.3 is 18.0 Å². The van der Waals surface area contributed by atoms with Gasteiger partial charge in [0.15, 0.2) is 5.69 Å². The Morgan fingerprint density at radius 1 is 0.917 bits per heavy atom. The van der Waals surface area contributed by atoms with Crippen molar-refractivity contribution in [1.29, 1.82) is 0 Å². The number of aromatic amines is 1. The molecule has 0 bridgehead atoms. The van der Waals surface area contributed by atoms with Gasteiger partial charge in [-0.15, -0.1) is 0 Å². The second-order valence-electron chi connectivity index (χ2n) is 7.23. The minimum Gasteiger partial charge on any atom is -0.476 e. The van der Waals surface area contributed by atoms with Crippen molar-refractivity contribution in [3.8, 4) is 11.8 Å². The number of amides is 2. The molecule has 0 aliphatic carbocycles. The number of aryl methyl sites for hydroxylation is 1. The largest absolute Gasteiger partial charge is 0.476 e. The predicted molar refractivity (Wildman–Crippen MR) is 136 cm³/mol. The number of aromatic nitrogens is 4. The van der Waals surface area contributed by atoms with Crippen LogP contribution in [0, 0.1) is 6.92 Å². The number of aromatic carboxylic acids is 1. The SMILES string of the molecule is Cc1cc(Nc2cc(C(=O)O)n[nH]2)nc(Oc2ccc(NC(=O)Nc3ccc(Cl)c(Cl)c3)cc2Cl)n1. The van der Waals surface area contributed by atoms with Gasteiger partial charge in [-0.05, 0) is 43.3 Å². The van der Waals surface area contributed by atoms with Crippen LogP contribution in [0.3, 0.4) is 0 Å². The zero-order chi connectivity index (χ0) is 25.8. The molecule has 4 aromatic rings. The lowest BCUT2D eigenvalue weighted by molar-refractivity contribution is 0.0690. The highest BCUT2D eigenvalue weighted by Gasteiger charge is 2.13. The number of carboxylic acid groups (broad SMARTS) is 1. The molecule has 0 saturated heterocycles. The molecule has 2 heterocycles. The molecule has 0 atom stereocenters. The van der Waals surface area contributed by atoms with Gasteiger partial charge in [-0.3, -0.25) is 5.10 Å². The number of hydrogen-bond donors (Lipinski definition) is 5. The standard InChI is InChI=1S/C22H16Cl3N7O4/c1-10-6-18(29-19-9-16(20(33)34)31-32-19)30-22(26-10)36-17-5-3-12(8-15(17)25)28-21(35)27-11-2-4-13(23)14(24)7-11/h2-9H,1H3,(H,33,34)(H2,27,28,35)(H2,26,29,30,31,32). The summed E-state index contributed by atoms with van der Waals surface area (Å²) in [6.45, 7) is 1.73. The van der Waals surface area contributed by atoms with Gasteiger partial charge in [0.1, 0.15) is 17.4 Å². The Hall–Kier alpha value is -4.06. The monoisotopic (exact) mass is 547 g/mol. The molecule has 0 aliphatic rings. The average molecular weight is 549 g/mol. The summed E-state index contributed by atoms with van der Waals surface area (Å²) in [6.07, 6.45) is 0. The topological polar surface area (TPSA) is 154 Å². The zero-order valence-corrected chi connectivity index (χ0v) is 20.5. The quantitative estimate of drug-likeness (QED) is 0.179. The summed E-state index contributed by atoms with van der Waals surface area (Å²) in [5.41, 5.74) is 1.30. The molecule has 2 aromatic heterocycles. The van der Waals surface area contributed by atoms with Gasteiger partial charge in [0, 0.05) is 29.2 Å². The van der Waals surface area contributed by atoms with Crippen LogP contribution in [0.2, 0.25) is 15.1 Å². The number of halogens is 3. The lowest BCUT2D eigenvalue weighted by atomic mass is 10.3. The first-order valence-electron chi connectivity index (χ1n) is 10.1. The Bertz CT molecular complexity index is 1460. The van der Waals surface area contributed by atoms with Gasteiger partial charge in [-0.1, -0.05) is 34.8 Å². The number of carboxylic acids is 1. The third-order valence-corrected chi connectivity index (χ3v) is 5.50. The molecule has 2 amide bonds. The predicted octanol–water partition coefficient (Wildman–Crippen LogP) is 6.35. The van der Waals surface area contributed by atoms with Crippen LogP contribution in [0.1, 0.15) is 16.2 Å². The summed E-state index contributed by atoms with van der Waals surface area (Å²) in [6, 6.07) is 11.8. The molecule has 0 radical (unpaired) electrons. The number of carbonyl (C=O) groups is 2. The Morgan fingerprint density at radius 3 is 2.25 bits per heavy atom. The molecular weight excluding hydrogens is 533 g/mol. The fraction of sp³-hybridized carbons (Fsp3) is 0.0455. The van der Waals surface area contributed by atoms with E-state index in [0.717, 1.165) is 0 Å². The minimum absolute atomic E-state index is 0.00422. The lowest BCUT2D eigenvalue weighted by Gasteiger charge is -2.11. The van der Waals surface area contributed by atoms with E-state index >= 15 is 0 Å². The Balaban J connectivity index is 1.42. The van der Waals surface area contributed by atoms with Crippen LogP contribution in [-0.4, -0.2) is 37.3 Å². The smallest absolute Gasteiger partial charge is 0.356 e. The number of urea groups is 1. The number of carbonyl (C=O) groups excluding carboxylic acids is 1. The Kier molecular flexibility index (Phi) is 7.44. The number of anilines is 4. The molecule has 0 spiro atoms. The normalized spacial score (nSPS) is 10.6. The molecule has 14 heteroatoms. The molecule has 0 unspecified atom stereocenters. The molecule has 11 nitrogen and oxygen atoms in total. The van der Waals surface area contributed by atoms with Crippen molar-refractivity contribution in [1.82, 2.24) is 20.2 Å². The summed E-state index contributed by atoms with van der Waals surface area (Å²) < 4.78 is 5.72. The van der Waals surface area contributed by atoms with Crippen molar-refractivity contribution in [3.05, 3.63) is 75.0 Å². The summed E-state index contributed by atoms with van der Waals surface area (Å²) in [4.78, 5) is 31.8. The van der Waals surface area contributed by atoms with Crippen molar-refractivity contribution in [2.24, 2.45) is 0 Å². The van der Waals surface area contributed by atoms with Crippen LogP contribution in [0.4, 0.5) is 27.8 Å². The molecule has 2 aromatic carbocycles. The van der Waals surface area contributed by atoms with Crippen molar-refractivity contribution < 1.29 is 19.4 Å². The van der Waals surface area contributed by atoms with E-state index in [-0.39, 0.29) is 22.5 Å². The second-order valence-corrected chi connectivity index (χ2v) is 8.45. The first-order chi connectivity index (χ1) is 17.2. The number of ether oxygens (including phenoxy) is 1. The summed E-state index contributed by atoms with van der Waals surface area (Å²) in [5.74, 6) is -0.254. The van der Waals surface area contributed by atoms with Crippen LogP contribution in [0.15, 0.2) is 48.5 Å². The molecule has 4 rings (SSSR count). The first kappa shape index (κ1) is 25.0. The molecule has 36 heavy (non-hydrogen) atoms. The van der Waals surface area contributed by atoms with Gasteiger partial charge < -0.3 is 25.8 Å². The van der Waals surface area contributed by atoms with E-state index in [1.54, 1.807) is 37.3 Å². The maximum absolute atomic E-state index is 12.3. The summed E-state index contributed by atoms with van der Waals surface area (Å²) in [5, 5.41) is 24.3. The van der Waals surface area contributed by atoms with E-state index in [2.05, 4.69) is 36.1 Å². The van der Waals surface area contributed by atoms with Crippen molar-refractivity contribution in [2.75, 3.05) is 16.0 Å². The van der Waals surface area contributed by atoms with Crippen molar-refractivity contribution >= 4 is 69.8 Å². The van der Waals surface area contributed by atoms with Gasteiger partial charge in [-0.25, -0.2) is 14.6 Å². The highest BCUT2D eigenvalue weighted by Crippen LogP contribution is 2.31. The third kappa shape index (κ3) is 6.33. The lowest BCUT2D eigenvalue weighted by Crippen LogP contribution is -2.19. The van der Waals surface area contributed by atoms with Crippen molar-refractivity contribution in [2.45, 2.75) is 6.92 Å². The zero-order valence-electron chi connectivity index (χ0n) is 18.3. The van der Waals surface area contributed by atoms with Gasteiger partial charge in [-0.2, -0.15) is 10.1 Å². The van der Waals surface area contributed by atoms with E-state index in [1.165, 1.54) is 18.2 Å². The summed E-state index contributed by atoms with van der Waals surface area (Å²) in [7, 11) is 0. The van der Waals surface area contributed by atoms with Crippen LogP contribution in [0.5, 0.6) is 11.8 Å². The van der Waals surface area contributed by atoms with Gasteiger partial charge in [0.25, 0.3) is 0 Å². The average Bonchev–Trinajstić information content (AvgIpc) is 3.26. The molecular formula is C22H16Cl3N7O4.